The molecule has 1 aliphatic rings. The fraction of sp³-hybridized carbons (Fsp3) is 0.292. The van der Waals surface area contributed by atoms with Crippen molar-refractivity contribution in [3.05, 3.63) is 66.5 Å². The summed E-state index contributed by atoms with van der Waals surface area (Å²) in [5.74, 6) is 1.37. The molecule has 2 aromatic heterocycles. The molecule has 7 nitrogen and oxygen atoms in total. The fourth-order valence-electron chi connectivity index (χ4n) is 3.61. The summed E-state index contributed by atoms with van der Waals surface area (Å²) in [6.07, 6.45) is 5.48. The van der Waals surface area contributed by atoms with Crippen molar-refractivity contribution in [3.63, 3.8) is 0 Å². The van der Waals surface area contributed by atoms with Crippen LogP contribution in [0.15, 0.2) is 64.5 Å². The lowest BCUT2D eigenvalue weighted by atomic mass is 10.1. The van der Waals surface area contributed by atoms with Gasteiger partial charge in [0.2, 0.25) is 0 Å². The molecule has 9 heteroatoms. The Hall–Kier alpha value is -2.88. The van der Waals surface area contributed by atoms with Crippen LogP contribution in [0.2, 0.25) is 0 Å². The van der Waals surface area contributed by atoms with Gasteiger partial charge in [0, 0.05) is 43.8 Å². The van der Waals surface area contributed by atoms with Crippen LogP contribution in [-0.2, 0) is 0 Å². The predicted octanol–water partition coefficient (Wildman–Crippen LogP) is 4.69. The number of benzene rings is 1. The molecule has 1 N–H and O–H groups in total. The second kappa shape index (κ2) is 10.8. The third kappa shape index (κ3) is 5.73. The monoisotopic (exact) mass is 481 g/mol. The topological polar surface area (TPSA) is 70.6 Å². The van der Waals surface area contributed by atoms with Crippen LogP contribution < -0.4 is 10.1 Å². The molecule has 0 radical (unpaired) electrons. The maximum Gasteiger partial charge on any atom is 0.257 e. The van der Waals surface area contributed by atoms with E-state index in [1.807, 2.05) is 54.4 Å². The van der Waals surface area contributed by atoms with Gasteiger partial charge in [-0.3, -0.25) is 9.69 Å². The molecular weight excluding hydrogens is 454 g/mol. The summed E-state index contributed by atoms with van der Waals surface area (Å²) in [4.78, 5) is 27.3. The van der Waals surface area contributed by atoms with Gasteiger partial charge in [-0.15, -0.1) is 6.58 Å². The van der Waals surface area contributed by atoms with E-state index in [1.54, 1.807) is 36.4 Å². The Bertz CT molecular complexity index is 1110. The van der Waals surface area contributed by atoms with Crippen molar-refractivity contribution in [1.82, 2.24) is 19.8 Å². The Morgan fingerprint density at radius 2 is 2.09 bits per heavy atom. The number of anilines is 2. The minimum Gasteiger partial charge on any atom is -0.496 e. The van der Waals surface area contributed by atoms with E-state index < -0.39 is 0 Å². The van der Waals surface area contributed by atoms with Crippen molar-refractivity contribution in [1.29, 1.82) is 0 Å². The Morgan fingerprint density at radius 1 is 1.27 bits per heavy atom. The zero-order valence-electron chi connectivity index (χ0n) is 18.8. The van der Waals surface area contributed by atoms with Gasteiger partial charge in [0.1, 0.15) is 11.6 Å². The van der Waals surface area contributed by atoms with Crippen molar-refractivity contribution >= 4 is 40.0 Å². The number of amides is 1. The summed E-state index contributed by atoms with van der Waals surface area (Å²) < 4.78 is 6.59. The minimum absolute atomic E-state index is 0.00812. The lowest BCUT2D eigenvalue weighted by Gasteiger charge is -2.34. The summed E-state index contributed by atoms with van der Waals surface area (Å²) in [6.45, 7) is 9.77. The van der Waals surface area contributed by atoms with Crippen LogP contribution in [0.5, 0.6) is 5.75 Å². The number of pyridine rings is 1. The Kier molecular flexibility index (Phi) is 7.64. The molecule has 4 rings (SSSR count). The van der Waals surface area contributed by atoms with Crippen molar-refractivity contribution in [2.24, 2.45) is 0 Å². The smallest absolute Gasteiger partial charge is 0.257 e. The van der Waals surface area contributed by atoms with Gasteiger partial charge >= 0.3 is 0 Å². The summed E-state index contributed by atoms with van der Waals surface area (Å²) in [7, 11) is 1.61. The van der Waals surface area contributed by atoms with Gasteiger partial charge in [-0.2, -0.15) is 0 Å². The molecule has 3 heterocycles. The van der Waals surface area contributed by atoms with Gasteiger partial charge in [-0.25, -0.2) is 9.97 Å². The van der Waals surface area contributed by atoms with Crippen molar-refractivity contribution in [2.75, 3.05) is 45.2 Å². The molecule has 33 heavy (non-hydrogen) atoms. The summed E-state index contributed by atoms with van der Waals surface area (Å²) in [5.41, 5.74) is 1.65. The molecule has 172 valence electrons. The molecule has 0 bridgehead atoms. The molecule has 3 aromatic rings. The number of nitrogens with zero attached hydrogens (tertiary/aromatic N) is 4. The van der Waals surface area contributed by atoms with E-state index in [0.717, 1.165) is 45.3 Å². The second-order valence-electron chi connectivity index (χ2n) is 7.63. The van der Waals surface area contributed by atoms with Crippen molar-refractivity contribution in [2.45, 2.75) is 16.0 Å². The standard InChI is InChI=1S/C24H27N5O2S2/c1-4-9-28-10-12-29(13-11-28)23(30)18-15-20(17(2)14-19(18)31-3)32-22-16-26-24(33-22)27-21-7-5-6-8-25-21/h4-8,14-16H,1,9-13H2,2-3H3,(H,25,26,27). The van der Waals surface area contributed by atoms with Gasteiger partial charge in [0.05, 0.1) is 23.1 Å². The highest BCUT2D eigenvalue weighted by molar-refractivity contribution is 8.01. The Morgan fingerprint density at radius 3 is 2.79 bits per heavy atom. The highest BCUT2D eigenvalue weighted by atomic mass is 32.2. The molecule has 1 amide bonds. The minimum atomic E-state index is 0.00812. The number of hydrogen-bond donors (Lipinski definition) is 1. The molecule has 0 unspecified atom stereocenters. The van der Waals surface area contributed by atoms with Crippen molar-refractivity contribution < 1.29 is 9.53 Å². The van der Waals surface area contributed by atoms with E-state index in [0.29, 0.717) is 24.4 Å². The van der Waals surface area contributed by atoms with Gasteiger partial charge in [0.15, 0.2) is 5.13 Å². The number of carbonyl (C=O) groups is 1. The highest BCUT2D eigenvalue weighted by Gasteiger charge is 2.25. The molecule has 1 aliphatic heterocycles. The van der Waals surface area contributed by atoms with Crippen LogP contribution in [0.1, 0.15) is 15.9 Å². The molecule has 0 aliphatic carbocycles. The van der Waals surface area contributed by atoms with E-state index >= 15 is 0 Å². The van der Waals surface area contributed by atoms with Crippen LogP contribution in [0.25, 0.3) is 0 Å². The molecule has 0 atom stereocenters. The largest absolute Gasteiger partial charge is 0.496 e. The molecular formula is C24H27N5O2S2. The second-order valence-corrected chi connectivity index (χ2v) is 10.00. The molecule has 1 fully saturated rings. The Labute approximate surface area is 202 Å². The summed E-state index contributed by atoms with van der Waals surface area (Å²) in [5, 5.41) is 3.99. The van der Waals surface area contributed by atoms with Crippen LogP contribution in [0.4, 0.5) is 10.9 Å². The van der Waals surface area contributed by atoms with Gasteiger partial charge in [-0.05, 0) is 36.8 Å². The van der Waals surface area contributed by atoms with E-state index in [9.17, 15) is 4.79 Å². The summed E-state index contributed by atoms with van der Waals surface area (Å²) in [6, 6.07) is 9.59. The SMILES string of the molecule is C=CCN1CCN(C(=O)c2cc(Sc3cnc(Nc4ccccn4)s3)c(C)cc2OC)CC1. The number of methoxy groups -OCH3 is 1. The van der Waals surface area contributed by atoms with E-state index in [-0.39, 0.29) is 5.91 Å². The van der Waals surface area contributed by atoms with Gasteiger partial charge < -0.3 is 15.0 Å². The number of aromatic nitrogens is 2. The number of piperazine rings is 1. The quantitative estimate of drug-likeness (QED) is 0.468. The average molecular weight is 482 g/mol. The van der Waals surface area contributed by atoms with Gasteiger partial charge in [0.25, 0.3) is 5.91 Å². The summed E-state index contributed by atoms with van der Waals surface area (Å²) >= 11 is 3.15. The van der Waals surface area contributed by atoms with Gasteiger partial charge in [-0.1, -0.05) is 35.2 Å². The lowest BCUT2D eigenvalue weighted by molar-refractivity contribution is 0.0646. The number of rotatable bonds is 8. The predicted molar refractivity (Wildman–Crippen MR) is 134 cm³/mol. The first kappa shape index (κ1) is 23.3. The number of thiazole rings is 1. The van der Waals surface area contributed by atoms with E-state index in [1.165, 1.54) is 0 Å². The van der Waals surface area contributed by atoms with Crippen LogP contribution in [-0.4, -0.2) is 65.5 Å². The van der Waals surface area contributed by atoms with E-state index in [2.05, 4.69) is 26.8 Å². The molecule has 1 saturated heterocycles. The molecule has 1 aromatic carbocycles. The normalized spacial score (nSPS) is 14.2. The average Bonchev–Trinajstić information content (AvgIpc) is 3.27. The first-order valence-corrected chi connectivity index (χ1v) is 12.3. The first-order chi connectivity index (χ1) is 16.1. The number of hydrogen-bond acceptors (Lipinski definition) is 8. The number of carbonyl (C=O) groups excluding carboxylic acids is 1. The molecule has 0 saturated carbocycles. The van der Waals surface area contributed by atoms with E-state index in [4.69, 9.17) is 4.74 Å². The van der Waals surface area contributed by atoms with Crippen LogP contribution >= 0.6 is 23.1 Å². The maximum absolute atomic E-state index is 13.3. The first-order valence-electron chi connectivity index (χ1n) is 10.7. The van der Waals surface area contributed by atoms with Crippen LogP contribution in [0.3, 0.4) is 0 Å². The number of nitrogens with one attached hydrogen (secondary N) is 1. The third-order valence-electron chi connectivity index (χ3n) is 5.37. The van der Waals surface area contributed by atoms with Crippen molar-refractivity contribution in [3.8, 4) is 5.75 Å². The Balaban J connectivity index is 1.50. The van der Waals surface area contributed by atoms with Crippen LogP contribution in [0, 0.1) is 6.92 Å². The maximum atomic E-state index is 13.3. The number of ether oxygens (including phenoxy) is 1. The lowest BCUT2D eigenvalue weighted by Crippen LogP contribution is -2.48. The highest BCUT2D eigenvalue weighted by Crippen LogP contribution is 2.39. The zero-order chi connectivity index (χ0) is 23.2. The number of aryl methyl sites for hydroxylation is 1. The zero-order valence-corrected chi connectivity index (χ0v) is 20.4. The third-order valence-corrected chi connectivity index (χ3v) is 7.54. The fourth-order valence-corrected chi connectivity index (χ4v) is 5.56. The molecule has 0 spiro atoms.